The fraction of sp³-hybridized carbons (Fsp3) is 0.174. The van der Waals surface area contributed by atoms with Crippen LogP contribution in [0.1, 0.15) is 11.3 Å². The van der Waals surface area contributed by atoms with Crippen molar-refractivity contribution in [1.29, 1.82) is 0 Å². The molecule has 0 spiro atoms. The van der Waals surface area contributed by atoms with Crippen molar-refractivity contribution in [2.45, 2.75) is 6.42 Å². The van der Waals surface area contributed by atoms with Crippen LogP contribution in [0.25, 0.3) is 0 Å². The number of hydrogen-bond acceptors (Lipinski definition) is 6. The first-order chi connectivity index (χ1) is 15.1. The van der Waals surface area contributed by atoms with Crippen molar-refractivity contribution in [3.63, 3.8) is 0 Å². The van der Waals surface area contributed by atoms with Gasteiger partial charge < -0.3 is 19.7 Å². The Bertz CT molecular complexity index is 1140. The van der Waals surface area contributed by atoms with Gasteiger partial charge >= 0.3 is 0 Å². The van der Waals surface area contributed by atoms with Crippen LogP contribution in [0.5, 0.6) is 11.5 Å². The lowest BCUT2D eigenvalue weighted by molar-refractivity contribution is -0.120. The Kier molecular flexibility index (Phi) is 5.99. The maximum Gasteiger partial charge on any atom is 0.244 e. The summed E-state index contributed by atoms with van der Waals surface area (Å²) < 4.78 is 10.5. The van der Waals surface area contributed by atoms with Crippen molar-refractivity contribution < 1.29 is 19.1 Å². The minimum atomic E-state index is -0.341. The van der Waals surface area contributed by atoms with Crippen LogP contribution in [-0.4, -0.2) is 38.3 Å². The fourth-order valence-corrected chi connectivity index (χ4v) is 4.05. The molecule has 0 atom stereocenters. The van der Waals surface area contributed by atoms with E-state index >= 15 is 0 Å². The normalized spacial score (nSPS) is 13.2. The standard InChI is InChI=1S/C23H21N3O4S/c1-29-15-9-10-17(20(12-15)30-2)25-22(27)14-26-19-7-4-3-6-16(19)24-18(13-23(26)28)21-8-5-11-31-21/h3-12H,13-14H2,1-2H3,(H,25,27). The summed E-state index contributed by atoms with van der Waals surface area (Å²) in [7, 11) is 3.07. The Morgan fingerprint density at radius 3 is 2.71 bits per heavy atom. The van der Waals surface area contributed by atoms with E-state index in [1.165, 1.54) is 23.3 Å². The number of amides is 2. The minimum absolute atomic E-state index is 0.119. The van der Waals surface area contributed by atoms with Gasteiger partial charge in [-0.3, -0.25) is 9.59 Å². The Hall–Kier alpha value is -3.65. The van der Waals surface area contributed by atoms with Gasteiger partial charge in [-0.15, -0.1) is 11.3 Å². The van der Waals surface area contributed by atoms with Crippen LogP contribution in [0.3, 0.4) is 0 Å². The number of benzene rings is 2. The highest BCUT2D eigenvalue weighted by Crippen LogP contribution is 2.34. The van der Waals surface area contributed by atoms with Crippen molar-refractivity contribution in [2.24, 2.45) is 4.99 Å². The average molecular weight is 436 g/mol. The number of carbonyl (C=O) groups is 2. The lowest BCUT2D eigenvalue weighted by Crippen LogP contribution is -2.38. The van der Waals surface area contributed by atoms with Gasteiger partial charge in [-0.05, 0) is 35.7 Å². The van der Waals surface area contributed by atoms with Crippen LogP contribution in [0, 0.1) is 0 Å². The van der Waals surface area contributed by atoms with Gasteiger partial charge in [0, 0.05) is 10.9 Å². The molecule has 2 aromatic carbocycles. The predicted octanol–water partition coefficient (Wildman–Crippen LogP) is 4.26. The molecule has 1 aromatic heterocycles. The Morgan fingerprint density at radius 2 is 1.97 bits per heavy atom. The van der Waals surface area contributed by atoms with Crippen molar-refractivity contribution in [3.8, 4) is 11.5 Å². The molecule has 7 nitrogen and oxygen atoms in total. The van der Waals surface area contributed by atoms with E-state index in [9.17, 15) is 9.59 Å². The summed E-state index contributed by atoms with van der Waals surface area (Å²) in [5, 5.41) is 4.77. The van der Waals surface area contributed by atoms with E-state index in [2.05, 4.69) is 5.32 Å². The summed E-state index contributed by atoms with van der Waals surface area (Å²) in [4.78, 5) is 33.1. The smallest absolute Gasteiger partial charge is 0.244 e. The summed E-state index contributed by atoms with van der Waals surface area (Å²) in [5.41, 5.74) is 2.47. The van der Waals surface area contributed by atoms with Crippen LogP contribution >= 0.6 is 11.3 Å². The van der Waals surface area contributed by atoms with Crippen LogP contribution in [0.4, 0.5) is 17.1 Å². The fourth-order valence-electron chi connectivity index (χ4n) is 3.34. The second-order valence-electron chi connectivity index (χ2n) is 6.80. The molecule has 31 heavy (non-hydrogen) atoms. The number of fused-ring (bicyclic) bond motifs is 1. The summed E-state index contributed by atoms with van der Waals surface area (Å²) >= 11 is 1.53. The molecule has 1 aliphatic heterocycles. The number of carbonyl (C=O) groups excluding carboxylic acids is 2. The number of thiophene rings is 1. The van der Waals surface area contributed by atoms with E-state index in [4.69, 9.17) is 14.5 Å². The van der Waals surface area contributed by atoms with Crippen molar-refractivity contribution in [3.05, 3.63) is 64.9 Å². The molecule has 0 fully saturated rings. The third-order valence-corrected chi connectivity index (χ3v) is 5.76. The number of anilines is 2. The third kappa shape index (κ3) is 4.44. The van der Waals surface area contributed by atoms with Gasteiger partial charge in [-0.2, -0.15) is 0 Å². The number of methoxy groups -OCH3 is 2. The zero-order valence-corrected chi connectivity index (χ0v) is 17.9. The van der Waals surface area contributed by atoms with E-state index in [1.54, 1.807) is 31.4 Å². The van der Waals surface area contributed by atoms with Gasteiger partial charge in [0.1, 0.15) is 18.0 Å². The Balaban J connectivity index is 1.58. The molecule has 0 unspecified atom stereocenters. The maximum absolute atomic E-state index is 13.1. The number of aliphatic imine (C=N–C) groups is 1. The molecule has 2 amide bonds. The first-order valence-electron chi connectivity index (χ1n) is 9.61. The highest BCUT2D eigenvalue weighted by atomic mass is 32.1. The van der Waals surface area contributed by atoms with E-state index < -0.39 is 0 Å². The lowest BCUT2D eigenvalue weighted by atomic mass is 10.2. The van der Waals surface area contributed by atoms with Crippen molar-refractivity contribution in [2.75, 3.05) is 31.0 Å². The topological polar surface area (TPSA) is 80.2 Å². The van der Waals surface area contributed by atoms with Crippen molar-refractivity contribution in [1.82, 2.24) is 0 Å². The van der Waals surface area contributed by atoms with Gasteiger partial charge in [0.05, 0.1) is 43.4 Å². The van der Waals surface area contributed by atoms with Gasteiger partial charge in [0.25, 0.3) is 0 Å². The summed E-state index contributed by atoms with van der Waals surface area (Å²) in [6.07, 6.45) is 0.119. The van der Waals surface area contributed by atoms with Gasteiger partial charge in [-0.25, -0.2) is 4.99 Å². The first-order valence-corrected chi connectivity index (χ1v) is 10.5. The molecule has 0 aliphatic carbocycles. The highest BCUT2D eigenvalue weighted by Gasteiger charge is 2.27. The number of hydrogen-bond donors (Lipinski definition) is 1. The molecule has 8 heteroatoms. The molecule has 4 rings (SSSR count). The molecule has 0 bridgehead atoms. The van der Waals surface area contributed by atoms with E-state index in [0.29, 0.717) is 34.3 Å². The zero-order chi connectivity index (χ0) is 21.8. The number of nitrogens with one attached hydrogen (secondary N) is 1. The number of nitrogens with zero attached hydrogens (tertiary/aromatic N) is 2. The van der Waals surface area contributed by atoms with Gasteiger partial charge in [-0.1, -0.05) is 18.2 Å². The van der Waals surface area contributed by atoms with Crippen LogP contribution < -0.4 is 19.7 Å². The van der Waals surface area contributed by atoms with Gasteiger partial charge in [0.15, 0.2) is 0 Å². The summed E-state index contributed by atoms with van der Waals surface area (Å²) in [6, 6.07) is 16.3. The largest absolute Gasteiger partial charge is 0.497 e. The van der Waals surface area contributed by atoms with Crippen molar-refractivity contribution >= 4 is 45.9 Å². The second-order valence-corrected chi connectivity index (χ2v) is 7.74. The van der Waals surface area contributed by atoms with Gasteiger partial charge in [0.2, 0.25) is 11.8 Å². The molecule has 2 heterocycles. The average Bonchev–Trinajstić information content (AvgIpc) is 3.28. The van der Waals surface area contributed by atoms with Crippen LogP contribution in [0.15, 0.2) is 65.0 Å². The molecule has 0 radical (unpaired) electrons. The number of rotatable bonds is 6. The Labute approximate surface area is 183 Å². The maximum atomic E-state index is 13.1. The second kappa shape index (κ2) is 9.01. The summed E-state index contributed by atoms with van der Waals surface area (Å²) in [6.45, 7) is -0.141. The first kappa shape index (κ1) is 20.6. The zero-order valence-electron chi connectivity index (χ0n) is 17.1. The summed E-state index contributed by atoms with van der Waals surface area (Å²) in [5.74, 6) is 0.559. The predicted molar refractivity (Wildman–Crippen MR) is 122 cm³/mol. The van der Waals surface area contributed by atoms with E-state index in [1.807, 2.05) is 35.7 Å². The highest BCUT2D eigenvalue weighted by molar-refractivity contribution is 7.12. The molecule has 158 valence electrons. The monoisotopic (exact) mass is 435 g/mol. The lowest BCUT2D eigenvalue weighted by Gasteiger charge is -2.22. The molecular formula is C23H21N3O4S. The van der Waals surface area contributed by atoms with Crippen LogP contribution in [-0.2, 0) is 9.59 Å². The molecule has 0 saturated carbocycles. The number of ether oxygens (including phenoxy) is 2. The molecule has 1 aliphatic rings. The van der Waals surface area contributed by atoms with E-state index in [0.717, 1.165) is 4.88 Å². The minimum Gasteiger partial charge on any atom is -0.497 e. The number of para-hydroxylation sites is 2. The quantitative estimate of drug-likeness (QED) is 0.627. The molecular weight excluding hydrogens is 414 g/mol. The Morgan fingerprint density at radius 1 is 1.13 bits per heavy atom. The molecule has 1 N–H and O–H groups in total. The molecule has 3 aromatic rings. The van der Waals surface area contributed by atoms with Crippen LogP contribution in [0.2, 0.25) is 0 Å². The van der Waals surface area contributed by atoms with E-state index in [-0.39, 0.29) is 24.8 Å². The third-order valence-electron chi connectivity index (χ3n) is 4.84. The SMILES string of the molecule is COc1ccc(NC(=O)CN2C(=O)CC(c3cccs3)=Nc3ccccc32)c(OC)c1. The molecule has 0 saturated heterocycles.